The van der Waals surface area contributed by atoms with E-state index in [2.05, 4.69) is 22.4 Å². The van der Waals surface area contributed by atoms with Crippen LogP contribution in [0.2, 0.25) is 0 Å². The molecule has 2 aromatic rings. The number of nitrogens with zero attached hydrogens (tertiary/aromatic N) is 4. The van der Waals surface area contributed by atoms with E-state index in [9.17, 15) is 0 Å². The lowest BCUT2D eigenvalue weighted by Gasteiger charge is -2.07. The van der Waals surface area contributed by atoms with Gasteiger partial charge in [-0.1, -0.05) is 6.92 Å². The topological polar surface area (TPSA) is 78.9 Å². The van der Waals surface area contributed by atoms with Crippen molar-refractivity contribution < 1.29 is 4.74 Å². The normalized spacial score (nSPS) is 21.4. The van der Waals surface area contributed by atoms with Gasteiger partial charge in [0.1, 0.15) is 5.75 Å². The highest BCUT2D eigenvalue weighted by Gasteiger charge is 2.33. The fourth-order valence-corrected chi connectivity index (χ4v) is 2.26. The van der Waals surface area contributed by atoms with E-state index < -0.39 is 0 Å². The highest BCUT2D eigenvalue weighted by Crippen LogP contribution is 2.39. The van der Waals surface area contributed by atoms with Gasteiger partial charge < -0.3 is 10.5 Å². The zero-order valence-corrected chi connectivity index (χ0v) is 11.1. The fraction of sp³-hybridized carbons (Fsp3) is 0.462. The van der Waals surface area contributed by atoms with Crippen LogP contribution in [0.3, 0.4) is 0 Å². The summed E-state index contributed by atoms with van der Waals surface area (Å²) >= 11 is 0. The van der Waals surface area contributed by atoms with Gasteiger partial charge in [0.05, 0.1) is 12.8 Å². The number of tetrazole rings is 1. The summed E-state index contributed by atoms with van der Waals surface area (Å²) in [5, 5.41) is 11.9. The first-order valence-corrected chi connectivity index (χ1v) is 6.39. The number of hydrogen-bond acceptors (Lipinski definition) is 5. The Bertz CT molecular complexity index is 594. The lowest BCUT2D eigenvalue weighted by molar-refractivity contribution is 0.417. The average Bonchev–Trinajstić information content (AvgIpc) is 2.90. The molecule has 1 aliphatic carbocycles. The quantitative estimate of drug-likeness (QED) is 0.843. The molecule has 0 bridgehead atoms. The van der Waals surface area contributed by atoms with E-state index in [0.29, 0.717) is 17.4 Å². The van der Waals surface area contributed by atoms with Crippen LogP contribution in [0.1, 0.15) is 13.3 Å². The Hall–Kier alpha value is -2.11. The molecule has 1 saturated carbocycles. The number of methoxy groups -OCH3 is 1. The van der Waals surface area contributed by atoms with Gasteiger partial charge in [-0.2, -0.15) is 0 Å². The van der Waals surface area contributed by atoms with E-state index in [1.54, 1.807) is 7.11 Å². The molecule has 2 unspecified atom stereocenters. The lowest BCUT2D eigenvalue weighted by Crippen LogP contribution is -2.05. The van der Waals surface area contributed by atoms with Crippen molar-refractivity contribution in [3.8, 4) is 17.1 Å². The Labute approximate surface area is 111 Å². The maximum Gasteiger partial charge on any atom is 0.182 e. The van der Waals surface area contributed by atoms with Crippen LogP contribution < -0.4 is 10.5 Å². The lowest BCUT2D eigenvalue weighted by atomic mass is 10.1. The molecule has 19 heavy (non-hydrogen) atoms. The zero-order chi connectivity index (χ0) is 13.4. The average molecular weight is 259 g/mol. The summed E-state index contributed by atoms with van der Waals surface area (Å²) in [6, 6.07) is 5.59. The third-order valence-electron chi connectivity index (χ3n) is 3.71. The number of rotatable bonds is 4. The number of aromatic nitrogens is 4. The molecule has 1 aromatic heterocycles. The Morgan fingerprint density at radius 1 is 1.47 bits per heavy atom. The minimum absolute atomic E-state index is 0.612. The highest BCUT2D eigenvalue weighted by molar-refractivity contribution is 5.65. The molecule has 0 amide bonds. The number of ether oxygens (including phenoxy) is 1. The number of anilines is 1. The summed E-state index contributed by atoms with van der Waals surface area (Å²) in [4.78, 5) is 0. The molecule has 1 aromatic carbocycles. The molecule has 0 aliphatic heterocycles. The molecule has 6 nitrogen and oxygen atoms in total. The van der Waals surface area contributed by atoms with Crippen molar-refractivity contribution in [2.45, 2.75) is 19.9 Å². The largest absolute Gasteiger partial charge is 0.495 e. The van der Waals surface area contributed by atoms with Gasteiger partial charge >= 0.3 is 0 Å². The van der Waals surface area contributed by atoms with Crippen LogP contribution in [0.5, 0.6) is 5.75 Å². The number of nitrogens with two attached hydrogens (primary N) is 1. The molecule has 1 heterocycles. The summed E-state index contributed by atoms with van der Waals surface area (Å²) in [6.45, 7) is 3.12. The summed E-state index contributed by atoms with van der Waals surface area (Å²) in [5.74, 6) is 2.88. The standard InChI is InChI=1S/C13H17N5O/c1-8-5-10(8)7-18-13(15-16-17-18)9-3-4-11(14)12(6-9)19-2/h3-4,6,8,10H,5,7,14H2,1-2H3. The van der Waals surface area contributed by atoms with Crippen LogP contribution in [0.25, 0.3) is 11.4 Å². The van der Waals surface area contributed by atoms with E-state index in [-0.39, 0.29) is 0 Å². The molecular weight excluding hydrogens is 242 g/mol. The van der Waals surface area contributed by atoms with Crippen LogP contribution in [0.15, 0.2) is 18.2 Å². The van der Waals surface area contributed by atoms with Crippen molar-refractivity contribution in [2.24, 2.45) is 11.8 Å². The molecule has 1 aliphatic rings. The predicted molar refractivity (Wildman–Crippen MR) is 71.5 cm³/mol. The zero-order valence-electron chi connectivity index (χ0n) is 11.1. The number of benzene rings is 1. The van der Waals surface area contributed by atoms with E-state index in [1.165, 1.54) is 6.42 Å². The maximum absolute atomic E-state index is 5.82. The Kier molecular flexibility index (Phi) is 2.85. The third kappa shape index (κ3) is 2.25. The van der Waals surface area contributed by atoms with Gasteiger partial charge in [-0.25, -0.2) is 4.68 Å². The van der Waals surface area contributed by atoms with Gasteiger partial charge in [0.15, 0.2) is 5.82 Å². The van der Waals surface area contributed by atoms with Crippen molar-refractivity contribution in [3.05, 3.63) is 18.2 Å². The molecule has 100 valence electrons. The fourth-order valence-electron chi connectivity index (χ4n) is 2.26. The van der Waals surface area contributed by atoms with E-state index in [1.807, 2.05) is 22.9 Å². The second kappa shape index (κ2) is 4.53. The second-order valence-electron chi connectivity index (χ2n) is 5.11. The smallest absolute Gasteiger partial charge is 0.182 e. The van der Waals surface area contributed by atoms with Crippen molar-refractivity contribution in [1.82, 2.24) is 20.2 Å². The molecular formula is C13H17N5O. The summed E-state index contributed by atoms with van der Waals surface area (Å²) in [7, 11) is 1.60. The Morgan fingerprint density at radius 3 is 2.95 bits per heavy atom. The first-order valence-electron chi connectivity index (χ1n) is 6.39. The van der Waals surface area contributed by atoms with Gasteiger partial charge in [-0.05, 0) is 46.9 Å². The minimum atomic E-state index is 0.612. The van der Waals surface area contributed by atoms with Gasteiger partial charge in [0.25, 0.3) is 0 Å². The molecule has 0 radical (unpaired) electrons. The van der Waals surface area contributed by atoms with Crippen molar-refractivity contribution in [3.63, 3.8) is 0 Å². The van der Waals surface area contributed by atoms with E-state index in [4.69, 9.17) is 10.5 Å². The SMILES string of the molecule is COc1cc(-c2nnnn2CC2CC2C)ccc1N. The summed E-state index contributed by atoms with van der Waals surface area (Å²) in [5.41, 5.74) is 7.35. The molecule has 0 spiro atoms. The first-order chi connectivity index (χ1) is 9.19. The van der Waals surface area contributed by atoms with Crippen LogP contribution in [0, 0.1) is 11.8 Å². The predicted octanol–water partition coefficient (Wildman–Crippen LogP) is 1.59. The van der Waals surface area contributed by atoms with Crippen LogP contribution in [0.4, 0.5) is 5.69 Å². The minimum Gasteiger partial charge on any atom is -0.495 e. The number of nitrogen functional groups attached to an aromatic ring is 1. The first kappa shape index (κ1) is 12.0. The summed E-state index contributed by atoms with van der Waals surface area (Å²) in [6.07, 6.45) is 1.25. The molecule has 3 rings (SSSR count). The van der Waals surface area contributed by atoms with Crippen LogP contribution in [-0.4, -0.2) is 27.3 Å². The Balaban J connectivity index is 1.91. The van der Waals surface area contributed by atoms with Gasteiger partial charge in [-0.3, -0.25) is 0 Å². The molecule has 0 saturated heterocycles. The maximum atomic E-state index is 5.82. The van der Waals surface area contributed by atoms with Crippen molar-refractivity contribution in [2.75, 3.05) is 12.8 Å². The second-order valence-corrected chi connectivity index (χ2v) is 5.11. The molecule has 6 heteroatoms. The van der Waals surface area contributed by atoms with Gasteiger partial charge in [0, 0.05) is 12.1 Å². The molecule has 1 fully saturated rings. The summed E-state index contributed by atoms with van der Waals surface area (Å²) < 4.78 is 7.09. The number of hydrogen-bond donors (Lipinski definition) is 1. The van der Waals surface area contributed by atoms with Crippen LogP contribution in [-0.2, 0) is 6.54 Å². The van der Waals surface area contributed by atoms with Crippen molar-refractivity contribution >= 4 is 5.69 Å². The van der Waals surface area contributed by atoms with Gasteiger partial charge in [-0.15, -0.1) is 5.10 Å². The molecule has 2 atom stereocenters. The van der Waals surface area contributed by atoms with Gasteiger partial charge in [0.2, 0.25) is 0 Å². The Morgan fingerprint density at radius 2 is 2.26 bits per heavy atom. The van der Waals surface area contributed by atoms with E-state index >= 15 is 0 Å². The monoisotopic (exact) mass is 259 g/mol. The molecule has 2 N–H and O–H groups in total. The third-order valence-corrected chi connectivity index (χ3v) is 3.71. The van der Waals surface area contributed by atoms with E-state index in [0.717, 1.165) is 23.9 Å². The van der Waals surface area contributed by atoms with Crippen molar-refractivity contribution in [1.29, 1.82) is 0 Å². The highest BCUT2D eigenvalue weighted by atomic mass is 16.5. The van der Waals surface area contributed by atoms with Crippen LogP contribution >= 0.6 is 0 Å².